The van der Waals surface area contributed by atoms with Crippen molar-refractivity contribution >= 4 is 23.1 Å². The summed E-state index contributed by atoms with van der Waals surface area (Å²) in [6.07, 6.45) is 2.43. The monoisotopic (exact) mass is 336 g/mol. The maximum atomic E-state index is 12.6. The van der Waals surface area contributed by atoms with Crippen molar-refractivity contribution in [2.24, 2.45) is 0 Å². The number of pyridine rings is 1. The molecule has 0 aliphatic heterocycles. The molecule has 0 saturated carbocycles. The average molecular weight is 336 g/mol. The first kappa shape index (κ1) is 16.7. The van der Waals surface area contributed by atoms with Crippen LogP contribution in [0.15, 0.2) is 47.1 Å². The van der Waals surface area contributed by atoms with E-state index in [9.17, 15) is 4.79 Å². The molecule has 0 radical (unpaired) electrons. The van der Waals surface area contributed by atoms with E-state index in [2.05, 4.69) is 27.7 Å². The quantitative estimate of drug-likeness (QED) is 0.728. The van der Waals surface area contributed by atoms with Crippen LogP contribution in [0.25, 0.3) is 0 Å². The van der Waals surface area contributed by atoms with Crippen LogP contribution in [0.1, 0.15) is 34.3 Å². The molecule has 6 heteroatoms. The lowest BCUT2D eigenvalue weighted by atomic mass is 10.1. The van der Waals surface area contributed by atoms with E-state index >= 15 is 0 Å². The second kappa shape index (κ2) is 7.17. The van der Waals surface area contributed by atoms with E-state index in [0.29, 0.717) is 23.0 Å². The van der Waals surface area contributed by atoms with Crippen LogP contribution in [0.3, 0.4) is 0 Å². The molecule has 0 fully saturated rings. The van der Waals surface area contributed by atoms with E-state index in [1.54, 1.807) is 24.4 Å². The normalized spacial score (nSPS) is 10.5. The molecular weight excluding hydrogens is 316 g/mol. The minimum absolute atomic E-state index is 0.246. The number of nitrogens with zero attached hydrogens (tertiary/aromatic N) is 2. The van der Waals surface area contributed by atoms with Crippen molar-refractivity contribution in [2.75, 3.05) is 10.6 Å². The van der Waals surface area contributed by atoms with Crippen LogP contribution in [0.4, 0.5) is 17.2 Å². The van der Waals surface area contributed by atoms with Gasteiger partial charge in [-0.15, -0.1) is 0 Å². The number of aryl methyl sites for hydroxylation is 3. The van der Waals surface area contributed by atoms with Crippen molar-refractivity contribution in [1.29, 1.82) is 0 Å². The predicted octanol–water partition coefficient (Wildman–Crippen LogP) is 4.24. The molecule has 0 spiro atoms. The molecule has 6 nitrogen and oxygen atoms in total. The molecule has 3 aromatic rings. The number of hydrogen-bond donors (Lipinski definition) is 2. The lowest BCUT2D eigenvalue weighted by Crippen LogP contribution is -2.16. The number of anilines is 3. The van der Waals surface area contributed by atoms with Gasteiger partial charge in [-0.2, -0.15) is 0 Å². The number of nitrogens with one attached hydrogen (secondary N) is 2. The number of para-hydroxylation sites is 1. The van der Waals surface area contributed by atoms with Crippen LogP contribution in [-0.4, -0.2) is 16.0 Å². The number of rotatable bonds is 5. The Kier molecular flexibility index (Phi) is 4.79. The zero-order valence-corrected chi connectivity index (χ0v) is 14.5. The van der Waals surface area contributed by atoms with E-state index < -0.39 is 0 Å². The Balaban J connectivity index is 1.80. The standard InChI is InChI=1S/C19H20N4O2/c1-4-14-7-5-6-12(2)18(14)22-19(24)16-11-15(8-9-20-16)21-17-10-13(3)25-23-17/h5-11H,4H2,1-3H3,(H,22,24)(H,20,21,23). The summed E-state index contributed by atoms with van der Waals surface area (Å²) in [4.78, 5) is 16.8. The van der Waals surface area contributed by atoms with Gasteiger partial charge in [-0.3, -0.25) is 9.78 Å². The van der Waals surface area contributed by atoms with Gasteiger partial charge >= 0.3 is 0 Å². The van der Waals surface area contributed by atoms with E-state index in [1.807, 2.05) is 32.0 Å². The zero-order chi connectivity index (χ0) is 17.8. The highest BCUT2D eigenvalue weighted by molar-refractivity contribution is 6.04. The fourth-order valence-corrected chi connectivity index (χ4v) is 2.59. The van der Waals surface area contributed by atoms with Crippen LogP contribution in [0.5, 0.6) is 0 Å². The molecule has 1 aromatic carbocycles. The molecule has 2 N–H and O–H groups in total. The summed E-state index contributed by atoms with van der Waals surface area (Å²) >= 11 is 0. The summed E-state index contributed by atoms with van der Waals surface area (Å²) < 4.78 is 5.02. The molecule has 128 valence electrons. The fourth-order valence-electron chi connectivity index (χ4n) is 2.59. The van der Waals surface area contributed by atoms with Crippen molar-refractivity contribution in [3.8, 4) is 0 Å². The molecule has 25 heavy (non-hydrogen) atoms. The lowest BCUT2D eigenvalue weighted by molar-refractivity contribution is 0.102. The highest BCUT2D eigenvalue weighted by Gasteiger charge is 2.12. The van der Waals surface area contributed by atoms with Gasteiger partial charge in [0.2, 0.25) is 0 Å². The summed E-state index contributed by atoms with van der Waals surface area (Å²) in [6.45, 7) is 5.86. The van der Waals surface area contributed by atoms with Gasteiger partial charge in [0.05, 0.1) is 0 Å². The molecule has 0 atom stereocenters. The molecular formula is C19H20N4O2. The van der Waals surface area contributed by atoms with Crippen molar-refractivity contribution in [1.82, 2.24) is 10.1 Å². The first-order chi connectivity index (χ1) is 12.1. The SMILES string of the molecule is CCc1cccc(C)c1NC(=O)c1cc(Nc2cc(C)on2)ccn1. The third kappa shape index (κ3) is 3.85. The predicted molar refractivity (Wildman–Crippen MR) is 97.3 cm³/mol. The first-order valence-corrected chi connectivity index (χ1v) is 8.13. The average Bonchev–Trinajstić information content (AvgIpc) is 3.01. The van der Waals surface area contributed by atoms with Gasteiger partial charge in [0.25, 0.3) is 5.91 Å². The van der Waals surface area contributed by atoms with Gasteiger partial charge in [-0.05, 0) is 43.5 Å². The molecule has 0 aliphatic rings. The van der Waals surface area contributed by atoms with Gasteiger partial charge in [0.15, 0.2) is 5.82 Å². The number of carbonyl (C=O) groups is 1. The largest absolute Gasteiger partial charge is 0.360 e. The molecule has 2 heterocycles. The van der Waals surface area contributed by atoms with E-state index in [-0.39, 0.29) is 5.91 Å². The summed E-state index contributed by atoms with van der Waals surface area (Å²) in [7, 11) is 0. The zero-order valence-electron chi connectivity index (χ0n) is 14.5. The summed E-state index contributed by atoms with van der Waals surface area (Å²) in [6, 6.07) is 11.2. The van der Waals surface area contributed by atoms with Crippen molar-refractivity contribution < 1.29 is 9.32 Å². The molecule has 1 amide bonds. The third-order valence-corrected chi connectivity index (χ3v) is 3.87. The lowest BCUT2D eigenvalue weighted by Gasteiger charge is -2.13. The smallest absolute Gasteiger partial charge is 0.274 e. The highest BCUT2D eigenvalue weighted by Crippen LogP contribution is 2.22. The summed E-state index contributed by atoms with van der Waals surface area (Å²) in [5, 5.41) is 9.95. The minimum Gasteiger partial charge on any atom is -0.360 e. The van der Waals surface area contributed by atoms with Crippen molar-refractivity contribution in [2.45, 2.75) is 27.2 Å². The minimum atomic E-state index is -0.246. The molecule has 0 aliphatic carbocycles. The van der Waals surface area contributed by atoms with Crippen molar-refractivity contribution in [3.05, 3.63) is 65.2 Å². The van der Waals surface area contributed by atoms with Crippen LogP contribution in [0.2, 0.25) is 0 Å². The van der Waals surface area contributed by atoms with Gasteiger partial charge in [-0.25, -0.2) is 0 Å². The maximum Gasteiger partial charge on any atom is 0.274 e. The number of carbonyl (C=O) groups excluding carboxylic acids is 1. The summed E-state index contributed by atoms with van der Waals surface area (Å²) in [5.41, 5.74) is 4.02. The fraction of sp³-hybridized carbons (Fsp3) is 0.211. The third-order valence-electron chi connectivity index (χ3n) is 3.87. The Morgan fingerprint density at radius 3 is 2.76 bits per heavy atom. The Morgan fingerprint density at radius 2 is 2.04 bits per heavy atom. The van der Waals surface area contributed by atoms with Gasteiger partial charge in [-0.1, -0.05) is 30.3 Å². The molecule has 3 rings (SSSR count). The Morgan fingerprint density at radius 1 is 1.20 bits per heavy atom. The van der Waals surface area contributed by atoms with Crippen LogP contribution in [0, 0.1) is 13.8 Å². The van der Waals surface area contributed by atoms with Crippen LogP contribution in [-0.2, 0) is 6.42 Å². The molecule has 2 aromatic heterocycles. The first-order valence-electron chi connectivity index (χ1n) is 8.13. The molecule has 0 bridgehead atoms. The topological polar surface area (TPSA) is 80.0 Å². The second-order valence-corrected chi connectivity index (χ2v) is 5.79. The van der Waals surface area contributed by atoms with Crippen LogP contribution < -0.4 is 10.6 Å². The van der Waals surface area contributed by atoms with E-state index in [4.69, 9.17) is 4.52 Å². The number of benzene rings is 1. The number of amides is 1. The molecule has 0 saturated heterocycles. The van der Waals surface area contributed by atoms with Crippen molar-refractivity contribution in [3.63, 3.8) is 0 Å². The highest BCUT2D eigenvalue weighted by atomic mass is 16.5. The Hall–Kier alpha value is -3.15. The Bertz CT molecular complexity index is 902. The number of aromatic nitrogens is 2. The maximum absolute atomic E-state index is 12.6. The van der Waals surface area contributed by atoms with Crippen LogP contribution >= 0.6 is 0 Å². The van der Waals surface area contributed by atoms with Gasteiger partial charge in [0.1, 0.15) is 11.5 Å². The van der Waals surface area contributed by atoms with E-state index in [0.717, 1.165) is 23.2 Å². The summed E-state index contributed by atoms with van der Waals surface area (Å²) in [5.74, 6) is 1.05. The molecule has 0 unspecified atom stereocenters. The van der Waals surface area contributed by atoms with Gasteiger partial charge < -0.3 is 15.2 Å². The van der Waals surface area contributed by atoms with Gasteiger partial charge in [0, 0.05) is 23.6 Å². The number of hydrogen-bond acceptors (Lipinski definition) is 5. The second-order valence-electron chi connectivity index (χ2n) is 5.79. The Labute approximate surface area is 146 Å². The van der Waals surface area contributed by atoms with E-state index in [1.165, 1.54) is 0 Å².